The number of nitrogens with zero attached hydrogens (tertiary/aromatic N) is 5. The molecule has 8 nitrogen and oxygen atoms in total. The van der Waals surface area contributed by atoms with Crippen molar-refractivity contribution in [3.63, 3.8) is 0 Å². The van der Waals surface area contributed by atoms with Crippen LogP contribution in [0.4, 0.5) is 5.69 Å². The summed E-state index contributed by atoms with van der Waals surface area (Å²) >= 11 is 0. The number of piperazine rings is 1. The van der Waals surface area contributed by atoms with Gasteiger partial charge in [0.15, 0.2) is 5.69 Å². The van der Waals surface area contributed by atoms with E-state index in [1.54, 1.807) is 11.8 Å². The number of fused-ring (bicyclic) bond motifs is 1. The molecule has 0 N–H and O–H groups in total. The zero-order chi connectivity index (χ0) is 22.1. The predicted octanol–water partition coefficient (Wildman–Crippen LogP) is 2.83. The SMILES string of the molecule is COc1ccc([C@@H]2Cn3nnc(C(=O)N4CCN(c5ccc(C)cc5)CC4)c3CO2)cc1. The van der Waals surface area contributed by atoms with Gasteiger partial charge in [-0.1, -0.05) is 35.0 Å². The van der Waals surface area contributed by atoms with Crippen LogP contribution >= 0.6 is 0 Å². The lowest BCUT2D eigenvalue weighted by molar-refractivity contribution is -0.00198. The van der Waals surface area contributed by atoms with Crippen LogP contribution in [0.5, 0.6) is 5.75 Å². The van der Waals surface area contributed by atoms with E-state index in [2.05, 4.69) is 46.4 Å². The monoisotopic (exact) mass is 433 g/mol. The van der Waals surface area contributed by atoms with Gasteiger partial charge in [-0.15, -0.1) is 5.10 Å². The number of benzene rings is 2. The van der Waals surface area contributed by atoms with Gasteiger partial charge in [0.2, 0.25) is 0 Å². The van der Waals surface area contributed by atoms with Crippen molar-refractivity contribution >= 4 is 11.6 Å². The van der Waals surface area contributed by atoms with Crippen LogP contribution in [-0.4, -0.2) is 59.1 Å². The molecule has 3 aromatic rings. The highest BCUT2D eigenvalue weighted by Gasteiger charge is 2.31. The first kappa shape index (κ1) is 20.5. The zero-order valence-corrected chi connectivity index (χ0v) is 18.4. The summed E-state index contributed by atoms with van der Waals surface area (Å²) in [5.74, 6) is 0.739. The maximum atomic E-state index is 13.2. The first-order valence-corrected chi connectivity index (χ1v) is 10.9. The van der Waals surface area contributed by atoms with Crippen molar-refractivity contribution in [1.29, 1.82) is 0 Å². The van der Waals surface area contributed by atoms with Crippen molar-refractivity contribution in [3.05, 3.63) is 71.0 Å². The molecule has 8 heteroatoms. The van der Waals surface area contributed by atoms with Crippen molar-refractivity contribution < 1.29 is 14.3 Å². The van der Waals surface area contributed by atoms with Crippen molar-refractivity contribution in [2.45, 2.75) is 26.2 Å². The number of methoxy groups -OCH3 is 1. The lowest BCUT2D eigenvalue weighted by Gasteiger charge is -2.36. The van der Waals surface area contributed by atoms with Crippen LogP contribution in [0.3, 0.4) is 0 Å². The van der Waals surface area contributed by atoms with Gasteiger partial charge in [0.25, 0.3) is 5.91 Å². The summed E-state index contributed by atoms with van der Waals surface area (Å²) in [6, 6.07) is 16.3. The van der Waals surface area contributed by atoms with Gasteiger partial charge in [0.05, 0.1) is 26.0 Å². The van der Waals surface area contributed by atoms with Gasteiger partial charge in [-0.3, -0.25) is 4.79 Å². The van der Waals surface area contributed by atoms with Crippen LogP contribution in [0.1, 0.15) is 33.4 Å². The second-order valence-electron chi connectivity index (χ2n) is 8.25. The summed E-state index contributed by atoms with van der Waals surface area (Å²) in [6.45, 7) is 5.85. The highest BCUT2D eigenvalue weighted by atomic mass is 16.5. The van der Waals surface area contributed by atoms with E-state index >= 15 is 0 Å². The molecule has 0 spiro atoms. The molecule has 1 amide bonds. The minimum Gasteiger partial charge on any atom is -0.497 e. The lowest BCUT2D eigenvalue weighted by Crippen LogP contribution is -2.49. The molecular weight excluding hydrogens is 406 g/mol. The average molecular weight is 434 g/mol. The number of hydrogen-bond donors (Lipinski definition) is 0. The third kappa shape index (κ3) is 3.93. The van der Waals surface area contributed by atoms with E-state index in [0.717, 1.165) is 30.1 Å². The van der Waals surface area contributed by atoms with Crippen LogP contribution in [0.15, 0.2) is 48.5 Å². The molecule has 166 valence electrons. The summed E-state index contributed by atoms with van der Waals surface area (Å²) in [6.07, 6.45) is -0.129. The molecular formula is C24H27N5O3. The number of anilines is 1. The Morgan fingerprint density at radius 1 is 1.03 bits per heavy atom. The lowest BCUT2D eigenvalue weighted by atomic mass is 10.1. The average Bonchev–Trinajstić information content (AvgIpc) is 3.27. The molecule has 2 aliphatic rings. The molecule has 0 aliphatic carbocycles. The number of ether oxygens (including phenoxy) is 2. The van der Waals surface area contributed by atoms with E-state index in [0.29, 0.717) is 31.9 Å². The van der Waals surface area contributed by atoms with Crippen molar-refractivity contribution in [3.8, 4) is 5.75 Å². The predicted molar refractivity (Wildman–Crippen MR) is 120 cm³/mol. The molecule has 0 unspecified atom stereocenters. The van der Waals surface area contributed by atoms with Crippen molar-refractivity contribution in [2.24, 2.45) is 0 Å². The Hall–Kier alpha value is -3.39. The number of aryl methyl sites for hydroxylation is 1. The fourth-order valence-electron chi connectivity index (χ4n) is 4.27. The second-order valence-corrected chi connectivity index (χ2v) is 8.25. The maximum Gasteiger partial charge on any atom is 0.276 e. The molecule has 1 saturated heterocycles. The zero-order valence-electron chi connectivity index (χ0n) is 18.4. The standard InChI is InChI=1S/C24H27N5O3/c1-17-3-7-19(8-4-17)27-11-13-28(14-12-27)24(30)23-21-16-32-22(15-29(21)26-25-23)18-5-9-20(31-2)10-6-18/h3-10,22H,11-16H2,1-2H3/t22-/m0/s1. The minimum atomic E-state index is -0.129. The molecule has 0 radical (unpaired) electrons. The summed E-state index contributed by atoms with van der Waals surface area (Å²) in [4.78, 5) is 17.3. The fourth-order valence-corrected chi connectivity index (χ4v) is 4.27. The Bertz CT molecular complexity index is 1090. The second kappa shape index (κ2) is 8.63. The fraction of sp³-hybridized carbons (Fsp3) is 0.375. The number of rotatable bonds is 4. The third-order valence-electron chi connectivity index (χ3n) is 6.25. The van der Waals surface area contributed by atoms with Crippen LogP contribution < -0.4 is 9.64 Å². The molecule has 1 fully saturated rings. The van der Waals surface area contributed by atoms with E-state index in [1.165, 1.54) is 11.3 Å². The number of hydrogen-bond acceptors (Lipinski definition) is 6. The number of carbonyl (C=O) groups excluding carboxylic acids is 1. The molecule has 1 atom stereocenters. The minimum absolute atomic E-state index is 0.0682. The molecule has 32 heavy (non-hydrogen) atoms. The Balaban J connectivity index is 1.24. The quantitative estimate of drug-likeness (QED) is 0.630. The largest absolute Gasteiger partial charge is 0.497 e. The van der Waals surface area contributed by atoms with Gasteiger partial charge in [-0.25, -0.2) is 4.68 Å². The van der Waals surface area contributed by atoms with Crippen LogP contribution in [0.25, 0.3) is 0 Å². The van der Waals surface area contributed by atoms with E-state index in [9.17, 15) is 4.79 Å². The third-order valence-corrected chi connectivity index (χ3v) is 6.25. The highest BCUT2D eigenvalue weighted by molar-refractivity contribution is 5.93. The maximum absolute atomic E-state index is 13.2. The van der Waals surface area contributed by atoms with E-state index in [-0.39, 0.29) is 12.0 Å². The van der Waals surface area contributed by atoms with Gasteiger partial charge < -0.3 is 19.3 Å². The summed E-state index contributed by atoms with van der Waals surface area (Å²) in [5.41, 5.74) is 4.65. The molecule has 2 aromatic carbocycles. The van der Waals surface area contributed by atoms with Crippen LogP contribution in [0, 0.1) is 6.92 Å². The van der Waals surface area contributed by atoms with Gasteiger partial charge in [0.1, 0.15) is 11.9 Å². The Labute approximate surface area is 187 Å². The summed E-state index contributed by atoms with van der Waals surface area (Å²) in [7, 11) is 1.65. The Morgan fingerprint density at radius 3 is 2.44 bits per heavy atom. The first-order valence-electron chi connectivity index (χ1n) is 10.9. The van der Waals surface area contributed by atoms with Crippen LogP contribution in [-0.2, 0) is 17.9 Å². The molecule has 5 rings (SSSR count). The molecule has 0 saturated carbocycles. The van der Waals surface area contributed by atoms with E-state index in [4.69, 9.17) is 9.47 Å². The first-order chi connectivity index (χ1) is 15.6. The summed E-state index contributed by atoms with van der Waals surface area (Å²) < 4.78 is 13.1. The Morgan fingerprint density at radius 2 is 1.75 bits per heavy atom. The van der Waals surface area contributed by atoms with E-state index < -0.39 is 0 Å². The summed E-state index contributed by atoms with van der Waals surface area (Å²) in [5, 5.41) is 8.48. The molecule has 0 bridgehead atoms. The van der Waals surface area contributed by atoms with E-state index in [1.807, 2.05) is 29.2 Å². The van der Waals surface area contributed by atoms with Gasteiger partial charge in [0, 0.05) is 31.9 Å². The van der Waals surface area contributed by atoms with Gasteiger partial charge in [-0.2, -0.15) is 0 Å². The smallest absolute Gasteiger partial charge is 0.276 e. The van der Waals surface area contributed by atoms with Gasteiger partial charge in [-0.05, 0) is 36.8 Å². The van der Waals surface area contributed by atoms with Crippen molar-refractivity contribution in [1.82, 2.24) is 19.9 Å². The number of amides is 1. The molecule has 1 aromatic heterocycles. The highest BCUT2D eigenvalue weighted by Crippen LogP contribution is 2.28. The van der Waals surface area contributed by atoms with Crippen molar-refractivity contribution in [2.75, 3.05) is 38.2 Å². The molecule has 3 heterocycles. The Kier molecular flexibility index (Phi) is 5.53. The topological polar surface area (TPSA) is 72.7 Å². The number of carbonyl (C=O) groups is 1. The van der Waals surface area contributed by atoms with Crippen LogP contribution in [0.2, 0.25) is 0 Å². The normalized spacial score (nSPS) is 18.4. The van der Waals surface area contributed by atoms with Gasteiger partial charge >= 0.3 is 0 Å². The number of aromatic nitrogens is 3. The molecule has 2 aliphatic heterocycles.